The summed E-state index contributed by atoms with van der Waals surface area (Å²) in [5, 5.41) is 6.34. The van der Waals surface area contributed by atoms with Crippen LogP contribution < -0.4 is 5.32 Å². The van der Waals surface area contributed by atoms with E-state index in [0.717, 1.165) is 22.1 Å². The molecule has 0 atom stereocenters. The van der Waals surface area contributed by atoms with Gasteiger partial charge in [0.05, 0.1) is 5.69 Å². The summed E-state index contributed by atoms with van der Waals surface area (Å²) in [4.78, 5) is 4.64. The molecule has 1 heterocycles. The van der Waals surface area contributed by atoms with Crippen molar-refractivity contribution in [1.82, 2.24) is 4.98 Å². The molecule has 20 heavy (non-hydrogen) atoms. The third-order valence-electron chi connectivity index (χ3n) is 2.72. The van der Waals surface area contributed by atoms with Gasteiger partial charge in [-0.2, -0.15) is 0 Å². The molecule has 0 unspecified atom stereocenters. The smallest absolute Gasteiger partial charge is 0.187 e. The molecule has 5 heteroatoms. The van der Waals surface area contributed by atoms with Crippen molar-refractivity contribution in [2.45, 2.75) is 0 Å². The minimum absolute atomic E-state index is 0.917. The molecule has 0 saturated carbocycles. The number of thiazole rings is 1. The molecular formula is C15H10I2N2S. The molecule has 0 aliphatic carbocycles. The van der Waals surface area contributed by atoms with E-state index < -0.39 is 0 Å². The van der Waals surface area contributed by atoms with Crippen LogP contribution in [0.25, 0.3) is 11.3 Å². The summed E-state index contributed by atoms with van der Waals surface area (Å²) in [7, 11) is 0. The topological polar surface area (TPSA) is 24.9 Å². The summed E-state index contributed by atoms with van der Waals surface area (Å²) in [5.74, 6) is 0. The first-order valence-electron chi connectivity index (χ1n) is 5.95. The number of rotatable bonds is 3. The van der Waals surface area contributed by atoms with Gasteiger partial charge >= 0.3 is 0 Å². The Morgan fingerprint density at radius 2 is 1.75 bits per heavy atom. The van der Waals surface area contributed by atoms with Crippen LogP contribution in [0.4, 0.5) is 10.8 Å². The predicted octanol–water partition coefficient (Wildman–Crippen LogP) is 5.76. The first-order chi connectivity index (χ1) is 9.70. The van der Waals surface area contributed by atoms with Gasteiger partial charge in [-0.15, -0.1) is 11.3 Å². The Kier molecular flexibility index (Phi) is 4.57. The normalized spacial score (nSPS) is 10.5. The van der Waals surface area contributed by atoms with E-state index in [-0.39, 0.29) is 0 Å². The third kappa shape index (κ3) is 3.50. The van der Waals surface area contributed by atoms with Crippen molar-refractivity contribution in [2.75, 3.05) is 5.32 Å². The Bertz CT molecular complexity index is 723. The van der Waals surface area contributed by atoms with Gasteiger partial charge in [0.1, 0.15) is 0 Å². The monoisotopic (exact) mass is 504 g/mol. The van der Waals surface area contributed by atoms with Crippen molar-refractivity contribution in [2.24, 2.45) is 0 Å². The molecule has 1 aromatic heterocycles. The third-order valence-corrected chi connectivity index (χ3v) is 4.87. The van der Waals surface area contributed by atoms with Crippen LogP contribution in [0.1, 0.15) is 0 Å². The van der Waals surface area contributed by atoms with Gasteiger partial charge in [0.15, 0.2) is 5.13 Å². The van der Waals surface area contributed by atoms with Crippen molar-refractivity contribution in [3.8, 4) is 11.3 Å². The standard InChI is InChI=1S/C15H10I2N2S/c16-11-4-6-13(7-5-11)18-15-19-14(9-20-15)10-2-1-3-12(17)8-10/h1-9H,(H,18,19). The van der Waals surface area contributed by atoms with Gasteiger partial charge in [-0.3, -0.25) is 0 Å². The Balaban J connectivity index is 1.82. The predicted molar refractivity (Wildman–Crippen MR) is 103 cm³/mol. The number of aromatic nitrogens is 1. The second-order valence-corrected chi connectivity index (χ2v) is 7.53. The zero-order chi connectivity index (χ0) is 13.9. The number of benzene rings is 2. The molecule has 1 N–H and O–H groups in total. The molecule has 0 bridgehead atoms. The lowest BCUT2D eigenvalue weighted by atomic mass is 10.2. The fourth-order valence-corrected chi connectivity index (χ4v) is 3.41. The van der Waals surface area contributed by atoms with Gasteiger partial charge in [-0.1, -0.05) is 12.1 Å². The summed E-state index contributed by atoms with van der Waals surface area (Å²) in [6.07, 6.45) is 0. The quantitative estimate of drug-likeness (QED) is 0.459. The van der Waals surface area contributed by atoms with Crippen LogP contribution in [0.5, 0.6) is 0 Å². The van der Waals surface area contributed by atoms with E-state index in [0.29, 0.717) is 0 Å². The average Bonchev–Trinajstić information content (AvgIpc) is 2.90. The van der Waals surface area contributed by atoms with Crippen LogP contribution in [-0.4, -0.2) is 4.98 Å². The van der Waals surface area contributed by atoms with Gasteiger partial charge in [0.2, 0.25) is 0 Å². The van der Waals surface area contributed by atoms with E-state index in [2.05, 4.69) is 109 Å². The van der Waals surface area contributed by atoms with Crippen molar-refractivity contribution in [3.63, 3.8) is 0 Å². The second-order valence-electron chi connectivity index (χ2n) is 4.18. The van der Waals surface area contributed by atoms with Crippen LogP contribution >= 0.6 is 56.5 Å². The van der Waals surface area contributed by atoms with Crippen LogP contribution in [0, 0.1) is 7.14 Å². The molecule has 2 aromatic carbocycles. The van der Waals surface area contributed by atoms with Crippen LogP contribution in [-0.2, 0) is 0 Å². The van der Waals surface area contributed by atoms with Gasteiger partial charge < -0.3 is 5.32 Å². The highest BCUT2D eigenvalue weighted by molar-refractivity contribution is 14.1. The Labute approximate surface area is 148 Å². The van der Waals surface area contributed by atoms with Gasteiger partial charge in [-0.25, -0.2) is 4.98 Å². The molecule has 0 aliphatic rings. The van der Waals surface area contributed by atoms with E-state index in [1.807, 2.05) is 0 Å². The van der Waals surface area contributed by atoms with Crippen molar-refractivity contribution >= 4 is 67.3 Å². The van der Waals surface area contributed by atoms with E-state index >= 15 is 0 Å². The lowest BCUT2D eigenvalue weighted by Crippen LogP contribution is -1.89. The molecule has 100 valence electrons. The van der Waals surface area contributed by atoms with Crippen LogP contribution in [0.3, 0.4) is 0 Å². The van der Waals surface area contributed by atoms with Crippen molar-refractivity contribution < 1.29 is 0 Å². The van der Waals surface area contributed by atoms with Gasteiger partial charge in [-0.05, 0) is 81.6 Å². The Morgan fingerprint density at radius 1 is 0.950 bits per heavy atom. The highest BCUT2D eigenvalue weighted by Crippen LogP contribution is 2.28. The lowest BCUT2D eigenvalue weighted by molar-refractivity contribution is 1.38. The van der Waals surface area contributed by atoms with Gasteiger partial charge in [0, 0.05) is 23.8 Å². The summed E-state index contributed by atoms with van der Waals surface area (Å²) >= 11 is 6.24. The molecule has 0 fully saturated rings. The summed E-state index contributed by atoms with van der Waals surface area (Å²) in [5.41, 5.74) is 3.24. The summed E-state index contributed by atoms with van der Waals surface area (Å²) in [6.45, 7) is 0. The Hall–Kier alpha value is -0.670. The minimum atomic E-state index is 0.917. The molecule has 0 spiro atoms. The lowest BCUT2D eigenvalue weighted by Gasteiger charge is -2.02. The number of anilines is 2. The van der Waals surface area contributed by atoms with Crippen LogP contribution in [0.2, 0.25) is 0 Å². The minimum Gasteiger partial charge on any atom is -0.332 e. The maximum Gasteiger partial charge on any atom is 0.187 e. The fraction of sp³-hybridized carbons (Fsp3) is 0. The Morgan fingerprint density at radius 3 is 2.50 bits per heavy atom. The zero-order valence-corrected chi connectivity index (χ0v) is 15.4. The fourth-order valence-electron chi connectivity index (χ4n) is 1.77. The highest BCUT2D eigenvalue weighted by atomic mass is 127. The molecule has 0 aliphatic heterocycles. The number of nitrogens with one attached hydrogen (secondary N) is 1. The summed E-state index contributed by atoms with van der Waals surface area (Å²) in [6, 6.07) is 16.7. The maximum atomic E-state index is 4.64. The molecule has 2 nitrogen and oxygen atoms in total. The number of nitrogens with zero attached hydrogens (tertiary/aromatic N) is 1. The zero-order valence-electron chi connectivity index (χ0n) is 10.3. The van der Waals surface area contributed by atoms with E-state index in [9.17, 15) is 0 Å². The first-order valence-corrected chi connectivity index (χ1v) is 8.98. The van der Waals surface area contributed by atoms with E-state index in [1.54, 1.807) is 11.3 Å². The van der Waals surface area contributed by atoms with Gasteiger partial charge in [0.25, 0.3) is 0 Å². The molecule has 0 radical (unpaired) electrons. The number of hydrogen-bond acceptors (Lipinski definition) is 3. The summed E-state index contributed by atoms with van der Waals surface area (Å²) < 4.78 is 2.45. The second kappa shape index (κ2) is 6.40. The largest absolute Gasteiger partial charge is 0.332 e. The van der Waals surface area contributed by atoms with Crippen molar-refractivity contribution in [1.29, 1.82) is 0 Å². The van der Waals surface area contributed by atoms with Crippen molar-refractivity contribution in [3.05, 3.63) is 61.1 Å². The molecular weight excluding hydrogens is 494 g/mol. The molecule has 3 aromatic rings. The van der Waals surface area contributed by atoms with E-state index in [4.69, 9.17) is 0 Å². The molecule has 3 rings (SSSR count). The first kappa shape index (κ1) is 14.3. The number of halogens is 2. The number of hydrogen-bond donors (Lipinski definition) is 1. The van der Waals surface area contributed by atoms with E-state index in [1.165, 1.54) is 7.14 Å². The van der Waals surface area contributed by atoms with Crippen LogP contribution in [0.15, 0.2) is 53.9 Å². The average molecular weight is 504 g/mol. The maximum absolute atomic E-state index is 4.64. The SMILES string of the molecule is Ic1ccc(Nc2nc(-c3cccc(I)c3)cs2)cc1. The highest BCUT2D eigenvalue weighted by Gasteiger charge is 2.05. The molecule has 0 saturated heterocycles. The molecule has 0 amide bonds.